The zero-order chi connectivity index (χ0) is 18.4. The van der Waals surface area contributed by atoms with E-state index in [9.17, 15) is 9.50 Å². The van der Waals surface area contributed by atoms with Crippen LogP contribution in [-0.4, -0.2) is 36.0 Å². The Morgan fingerprint density at radius 3 is 2.62 bits per heavy atom. The molecule has 0 amide bonds. The summed E-state index contributed by atoms with van der Waals surface area (Å²) in [6.45, 7) is 2.19. The molecular formula is C21H23FN2O2. The van der Waals surface area contributed by atoms with Crippen molar-refractivity contribution in [2.45, 2.75) is 19.4 Å². The number of ether oxygens (including phenoxy) is 1. The first-order chi connectivity index (χ1) is 12.7. The van der Waals surface area contributed by atoms with Crippen LogP contribution >= 0.6 is 0 Å². The number of nitrogens with one attached hydrogen (secondary N) is 1. The first-order valence-electron chi connectivity index (χ1n) is 8.81. The van der Waals surface area contributed by atoms with Gasteiger partial charge in [0.25, 0.3) is 0 Å². The lowest BCUT2D eigenvalue weighted by atomic mass is 10.1. The third-order valence-electron chi connectivity index (χ3n) is 4.04. The van der Waals surface area contributed by atoms with Crippen molar-refractivity contribution in [3.63, 3.8) is 0 Å². The summed E-state index contributed by atoms with van der Waals surface area (Å²) in [5.74, 6) is 0.564. The fraction of sp³-hybridized carbons (Fsp3) is 0.286. The minimum Gasteiger partial charge on any atom is -0.491 e. The Balaban J connectivity index is 1.80. The standard InChI is InChI=1S/C21H23FN2O2/c1-2-11-23-17-7-3-15(4-8-17)20-10-6-16-5-9-19(12-21(16)24-20)26-14-18(25)13-22/h3-10,12,18,23,25H,2,11,13-14H2,1H3. The fourth-order valence-corrected chi connectivity index (χ4v) is 2.61. The summed E-state index contributed by atoms with van der Waals surface area (Å²) < 4.78 is 17.8. The number of aliphatic hydroxyl groups is 1. The van der Waals surface area contributed by atoms with Gasteiger partial charge in [0.2, 0.25) is 0 Å². The van der Waals surface area contributed by atoms with Gasteiger partial charge >= 0.3 is 0 Å². The van der Waals surface area contributed by atoms with Crippen LogP contribution in [-0.2, 0) is 0 Å². The smallest absolute Gasteiger partial charge is 0.121 e. The number of benzene rings is 2. The molecule has 2 N–H and O–H groups in total. The van der Waals surface area contributed by atoms with E-state index in [4.69, 9.17) is 9.72 Å². The molecule has 0 saturated carbocycles. The predicted octanol–water partition coefficient (Wildman–Crippen LogP) is 4.43. The number of hydrogen-bond donors (Lipinski definition) is 2. The monoisotopic (exact) mass is 354 g/mol. The van der Waals surface area contributed by atoms with Gasteiger partial charge in [-0.3, -0.25) is 0 Å². The Hall–Kier alpha value is -2.66. The lowest BCUT2D eigenvalue weighted by molar-refractivity contribution is 0.0842. The lowest BCUT2D eigenvalue weighted by Gasteiger charge is -2.10. The second-order valence-corrected chi connectivity index (χ2v) is 6.17. The highest BCUT2D eigenvalue weighted by Crippen LogP contribution is 2.25. The number of halogens is 1. The van der Waals surface area contributed by atoms with Crippen molar-refractivity contribution in [3.8, 4) is 17.0 Å². The first-order valence-corrected chi connectivity index (χ1v) is 8.81. The highest BCUT2D eigenvalue weighted by Gasteiger charge is 2.06. The molecule has 1 aromatic heterocycles. The SMILES string of the molecule is CCCNc1ccc(-c2ccc3ccc(OCC(O)CF)cc3n2)cc1. The van der Waals surface area contributed by atoms with Crippen LogP contribution < -0.4 is 10.1 Å². The number of fused-ring (bicyclic) bond motifs is 1. The van der Waals surface area contributed by atoms with Crippen molar-refractivity contribution >= 4 is 16.6 Å². The first kappa shape index (κ1) is 18.1. The molecule has 3 rings (SSSR count). The number of anilines is 1. The molecule has 5 heteroatoms. The Morgan fingerprint density at radius 2 is 1.88 bits per heavy atom. The molecule has 0 bridgehead atoms. The Kier molecular flexibility index (Phi) is 6.02. The van der Waals surface area contributed by atoms with Crippen LogP contribution in [0.3, 0.4) is 0 Å². The maximum absolute atomic E-state index is 12.3. The highest BCUT2D eigenvalue weighted by molar-refractivity contribution is 5.83. The molecule has 1 heterocycles. The van der Waals surface area contributed by atoms with E-state index in [-0.39, 0.29) is 6.61 Å². The van der Waals surface area contributed by atoms with E-state index < -0.39 is 12.8 Å². The molecule has 0 spiro atoms. The number of nitrogens with zero attached hydrogens (tertiary/aromatic N) is 1. The number of alkyl halides is 1. The van der Waals surface area contributed by atoms with Crippen molar-refractivity contribution in [1.82, 2.24) is 4.98 Å². The quantitative estimate of drug-likeness (QED) is 0.628. The summed E-state index contributed by atoms with van der Waals surface area (Å²) in [6.07, 6.45) is -0.0226. The molecule has 0 fully saturated rings. The molecule has 2 aromatic carbocycles. The number of aliphatic hydroxyl groups excluding tert-OH is 1. The van der Waals surface area contributed by atoms with Crippen molar-refractivity contribution < 1.29 is 14.2 Å². The van der Waals surface area contributed by atoms with E-state index in [0.717, 1.165) is 40.8 Å². The molecular weight excluding hydrogens is 331 g/mol. The average molecular weight is 354 g/mol. The third kappa shape index (κ3) is 4.49. The molecule has 1 atom stereocenters. The van der Waals surface area contributed by atoms with E-state index in [0.29, 0.717) is 5.75 Å². The number of aromatic nitrogens is 1. The van der Waals surface area contributed by atoms with Crippen LogP contribution in [0.1, 0.15) is 13.3 Å². The van der Waals surface area contributed by atoms with E-state index in [1.54, 1.807) is 12.1 Å². The maximum atomic E-state index is 12.3. The normalized spacial score (nSPS) is 12.1. The average Bonchev–Trinajstić information content (AvgIpc) is 2.70. The van der Waals surface area contributed by atoms with Crippen molar-refractivity contribution in [2.24, 2.45) is 0 Å². The van der Waals surface area contributed by atoms with Crippen LogP contribution in [0.15, 0.2) is 54.6 Å². The van der Waals surface area contributed by atoms with Gasteiger partial charge in [-0.15, -0.1) is 0 Å². The summed E-state index contributed by atoms with van der Waals surface area (Å²) in [5, 5.41) is 13.6. The number of rotatable bonds is 8. The second kappa shape index (κ2) is 8.63. The van der Waals surface area contributed by atoms with E-state index >= 15 is 0 Å². The predicted molar refractivity (Wildman–Crippen MR) is 103 cm³/mol. The highest BCUT2D eigenvalue weighted by atomic mass is 19.1. The van der Waals surface area contributed by atoms with Gasteiger partial charge in [-0.05, 0) is 36.8 Å². The van der Waals surface area contributed by atoms with Crippen LogP contribution in [0.25, 0.3) is 22.2 Å². The molecule has 0 aliphatic rings. The van der Waals surface area contributed by atoms with Gasteiger partial charge in [0.15, 0.2) is 0 Å². The van der Waals surface area contributed by atoms with E-state index in [1.165, 1.54) is 0 Å². The van der Waals surface area contributed by atoms with Crippen LogP contribution in [0.2, 0.25) is 0 Å². The molecule has 0 saturated heterocycles. The third-order valence-corrected chi connectivity index (χ3v) is 4.04. The fourth-order valence-electron chi connectivity index (χ4n) is 2.61. The van der Waals surface area contributed by atoms with Crippen LogP contribution in [0.5, 0.6) is 5.75 Å². The van der Waals surface area contributed by atoms with Gasteiger partial charge in [-0.25, -0.2) is 9.37 Å². The number of hydrogen-bond acceptors (Lipinski definition) is 4. The molecule has 26 heavy (non-hydrogen) atoms. The molecule has 0 radical (unpaired) electrons. The van der Waals surface area contributed by atoms with Crippen molar-refractivity contribution in [3.05, 3.63) is 54.6 Å². The van der Waals surface area contributed by atoms with Gasteiger partial charge in [-0.2, -0.15) is 0 Å². The maximum Gasteiger partial charge on any atom is 0.121 e. The largest absolute Gasteiger partial charge is 0.491 e. The number of pyridine rings is 1. The minimum atomic E-state index is -1.11. The van der Waals surface area contributed by atoms with Crippen molar-refractivity contribution in [2.75, 3.05) is 25.1 Å². The summed E-state index contributed by atoms with van der Waals surface area (Å²) in [6, 6.07) is 17.7. The van der Waals surface area contributed by atoms with Gasteiger partial charge in [0.1, 0.15) is 25.1 Å². The molecule has 4 nitrogen and oxygen atoms in total. The zero-order valence-corrected chi connectivity index (χ0v) is 14.8. The summed E-state index contributed by atoms with van der Waals surface area (Å²) in [4.78, 5) is 4.71. The topological polar surface area (TPSA) is 54.4 Å². The molecule has 0 aliphatic heterocycles. The van der Waals surface area contributed by atoms with Crippen LogP contribution in [0, 0.1) is 0 Å². The lowest BCUT2D eigenvalue weighted by Crippen LogP contribution is -2.19. The molecule has 3 aromatic rings. The van der Waals surface area contributed by atoms with Gasteiger partial charge in [0, 0.05) is 29.2 Å². The summed E-state index contributed by atoms with van der Waals surface area (Å²) in [7, 11) is 0. The van der Waals surface area contributed by atoms with E-state index in [2.05, 4.69) is 24.4 Å². The van der Waals surface area contributed by atoms with E-state index in [1.807, 2.05) is 30.3 Å². The molecule has 0 aliphatic carbocycles. The van der Waals surface area contributed by atoms with Gasteiger partial charge in [-0.1, -0.05) is 25.1 Å². The summed E-state index contributed by atoms with van der Waals surface area (Å²) in [5.41, 5.74) is 3.80. The van der Waals surface area contributed by atoms with Gasteiger partial charge in [0.05, 0.1) is 11.2 Å². The van der Waals surface area contributed by atoms with Crippen molar-refractivity contribution in [1.29, 1.82) is 0 Å². The Bertz CT molecular complexity index is 852. The summed E-state index contributed by atoms with van der Waals surface area (Å²) >= 11 is 0. The van der Waals surface area contributed by atoms with Gasteiger partial charge < -0.3 is 15.2 Å². The molecule has 1 unspecified atom stereocenters. The second-order valence-electron chi connectivity index (χ2n) is 6.17. The zero-order valence-electron chi connectivity index (χ0n) is 14.8. The van der Waals surface area contributed by atoms with Crippen LogP contribution in [0.4, 0.5) is 10.1 Å². The minimum absolute atomic E-state index is 0.0755. The Labute approximate surface area is 152 Å². The Morgan fingerprint density at radius 1 is 1.12 bits per heavy atom. The molecule has 136 valence electrons.